The molecule has 1 saturated carbocycles. The maximum Gasteiger partial charge on any atom is 0.323 e. The molecule has 0 bridgehead atoms. The molecular weight excluding hydrogens is 228 g/mol. The summed E-state index contributed by atoms with van der Waals surface area (Å²) in [6.45, 7) is 2.74. The van der Waals surface area contributed by atoms with Crippen LogP contribution in [-0.4, -0.2) is 31.1 Å². The molecular formula is C12H19F2NO2. The molecule has 0 aromatic carbocycles. The van der Waals surface area contributed by atoms with Gasteiger partial charge in [-0.1, -0.05) is 0 Å². The second-order valence-corrected chi connectivity index (χ2v) is 5.07. The molecule has 98 valence electrons. The molecule has 1 heterocycles. The summed E-state index contributed by atoms with van der Waals surface area (Å²) in [7, 11) is 0. The van der Waals surface area contributed by atoms with E-state index in [0.29, 0.717) is 31.9 Å². The van der Waals surface area contributed by atoms with E-state index >= 15 is 0 Å². The number of fused-ring (bicyclic) bond motifs is 1. The van der Waals surface area contributed by atoms with Crippen molar-refractivity contribution in [3.8, 4) is 0 Å². The minimum atomic E-state index is -2.54. The van der Waals surface area contributed by atoms with Gasteiger partial charge in [0.05, 0.1) is 6.61 Å². The standard InChI is InChI=1S/C12H19F2NO2/c1-2-17-11(16)10-5-9-6-12(13,14)4-3-8(9)7-15-10/h8-10,15H,2-7H2,1H3. The Hall–Kier alpha value is -0.710. The molecule has 2 rings (SSSR count). The highest BCUT2D eigenvalue weighted by Crippen LogP contribution is 2.43. The predicted molar refractivity (Wildman–Crippen MR) is 58.8 cm³/mol. The van der Waals surface area contributed by atoms with Gasteiger partial charge in [-0.2, -0.15) is 0 Å². The van der Waals surface area contributed by atoms with E-state index < -0.39 is 12.0 Å². The lowest BCUT2D eigenvalue weighted by Crippen LogP contribution is -2.51. The monoisotopic (exact) mass is 247 g/mol. The molecule has 0 amide bonds. The Balaban J connectivity index is 1.94. The minimum absolute atomic E-state index is 0.0140. The summed E-state index contributed by atoms with van der Waals surface area (Å²) in [5.41, 5.74) is 0. The zero-order valence-electron chi connectivity index (χ0n) is 10.0. The van der Waals surface area contributed by atoms with Crippen molar-refractivity contribution < 1.29 is 18.3 Å². The van der Waals surface area contributed by atoms with Crippen LogP contribution in [0.15, 0.2) is 0 Å². The Morgan fingerprint density at radius 2 is 2.24 bits per heavy atom. The molecule has 1 aliphatic carbocycles. The third kappa shape index (κ3) is 2.94. The minimum Gasteiger partial charge on any atom is -0.465 e. The van der Waals surface area contributed by atoms with Crippen molar-refractivity contribution in [2.45, 2.75) is 44.6 Å². The summed E-state index contributed by atoms with van der Waals surface area (Å²) >= 11 is 0. The number of rotatable bonds is 2. The van der Waals surface area contributed by atoms with Gasteiger partial charge in [0.2, 0.25) is 5.92 Å². The molecule has 0 aromatic heterocycles. The topological polar surface area (TPSA) is 38.3 Å². The zero-order valence-corrected chi connectivity index (χ0v) is 10.0. The van der Waals surface area contributed by atoms with Crippen molar-refractivity contribution in [1.82, 2.24) is 5.32 Å². The highest BCUT2D eigenvalue weighted by Gasteiger charge is 2.45. The molecule has 3 nitrogen and oxygen atoms in total. The van der Waals surface area contributed by atoms with Crippen LogP contribution in [0.3, 0.4) is 0 Å². The lowest BCUT2D eigenvalue weighted by Gasteiger charge is -2.41. The van der Waals surface area contributed by atoms with Crippen molar-refractivity contribution in [3.63, 3.8) is 0 Å². The van der Waals surface area contributed by atoms with Crippen LogP contribution in [0.5, 0.6) is 0 Å². The average Bonchev–Trinajstić information content (AvgIpc) is 2.27. The predicted octanol–water partition coefficient (Wildman–Crippen LogP) is 1.96. The van der Waals surface area contributed by atoms with Crippen LogP contribution >= 0.6 is 0 Å². The van der Waals surface area contributed by atoms with Crippen LogP contribution < -0.4 is 5.32 Å². The SMILES string of the molecule is CCOC(=O)C1CC2CC(F)(F)CCC2CN1. The number of hydrogen-bond acceptors (Lipinski definition) is 3. The van der Waals surface area contributed by atoms with E-state index in [1.54, 1.807) is 6.92 Å². The van der Waals surface area contributed by atoms with Gasteiger partial charge in [0.1, 0.15) is 6.04 Å². The summed E-state index contributed by atoms with van der Waals surface area (Å²) in [5.74, 6) is -2.60. The van der Waals surface area contributed by atoms with Crippen LogP contribution in [0.1, 0.15) is 32.6 Å². The number of ether oxygens (including phenoxy) is 1. The zero-order chi connectivity index (χ0) is 12.5. The number of carbonyl (C=O) groups is 1. The number of carbonyl (C=O) groups excluding carboxylic acids is 1. The first kappa shape index (κ1) is 12.7. The van der Waals surface area contributed by atoms with Crippen molar-refractivity contribution in [1.29, 1.82) is 0 Å². The molecule has 3 unspecified atom stereocenters. The van der Waals surface area contributed by atoms with Crippen molar-refractivity contribution in [2.24, 2.45) is 11.8 Å². The summed E-state index contributed by atoms with van der Waals surface area (Å²) in [6.07, 6.45) is 0.953. The lowest BCUT2D eigenvalue weighted by atomic mass is 9.72. The molecule has 1 saturated heterocycles. The summed E-state index contributed by atoms with van der Waals surface area (Å²) in [4.78, 5) is 11.6. The van der Waals surface area contributed by atoms with Gasteiger partial charge in [-0.25, -0.2) is 8.78 Å². The van der Waals surface area contributed by atoms with Gasteiger partial charge in [0.15, 0.2) is 0 Å². The first-order valence-corrected chi connectivity index (χ1v) is 6.29. The maximum absolute atomic E-state index is 13.3. The number of alkyl halides is 2. The molecule has 0 aromatic rings. The fraction of sp³-hybridized carbons (Fsp3) is 0.917. The van der Waals surface area contributed by atoms with Gasteiger partial charge in [-0.15, -0.1) is 0 Å². The van der Waals surface area contributed by atoms with Gasteiger partial charge in [-0.05, 0) is 38.1 Å². The largest absolute Gasteiger partial charge is 0.465 e. The number of nitrogens with one attached hydrogen (secondary N) is 1. The molecule has 0 spiro atoms. The van der Waals surface area contributed by atoms with Crippen LogP contribution in [0.25, 0.3) is 0 Å². The van der Waals surface area contributed by atoms with Gasteiger partial charge < -0.3 is 10.1 Å². The molecule has 1 aliphatic heterocycles. The number of halogens is 2. The van der Waals surface area contributed by atoms with Crippen molar-refractivity contribution >= 4 is 5.97 Å². The quantitative estimate of drug-likeness (QED) is 0.758. The smallest absolute Gasteiger partial charge is 0.323 e. The highest BCUT2D eigenvalue weighted by atomic mass is 19.3. The first-order chi connectivity index (χ1) is 8.02. The Morgan fingerprint density at radius 3 is 2.94 bits per heavy atom. The Labute approximate surface area is 99.9 Å². The van der Waals surface area contributed by atoms with E-state index in [9.17, 15) is 13.6 Å². The van der Waals surface area contributed by atoms with E-state index in [2.05, 4.69) is 5.32 Å². The molecule has 0 radical (unpaired) electrons. The molecule has 3 atom stereocenters. The van der Waals surface area contributed by atoms with Crippen LogP contribution in [0, 0.1) is 11.8 Å². The highest BCUT2D eigenvalue weighted by molar-refractivity contribution is 5.75. The van der Waals surface area contributed by atoms with Gasteiger partial charge >= 0.3 is 5.97 Å². The summed E-state index contributed by atoms with van der Waals surface area (Å²) < 4.78 is 31.6. The van der Waals surface area contributed by atoms with Gasteiger partial charge in [0.25, 0.3) is 0 Å². The normalized spacial score (nSPS) is 36.1. The average molecular weight is 247 g/mol. The molecule has 17 heavy (non-hydrogen) atoms. The van der Waals surface area contributed by atoms with E-state index in [1.807, 2.05) is 0 Å². The fourth-order valence-corrected chi connectivity index (χ4v) is 2.93. The third-order valence-electron chi connectivity index (χ3n) is 3.84. The summed E-state index contributed by atoms with van der Waals surface area (Å²) in [6, 6.07) is -0.398. The maximum atomic E-state index is 13.3. The van der Waals surface area contributed by atoms with E-state index in [-0.39, 0.29) is 24.7 Å². The molecule has 2 fully saturated rings. The van der Waals surface area contributed by atoms with Gasteiger partial charge in [0, 0.05) is 12.8 Å². The van der Waals surface area contributed by atoms with Crippen LogP contribution in [-0.2, 0) is 9.53 Å². The van der Waals surface area contributed by atoms with E-state index in [4.69, 9.17) is 4.74 Å². The lowest BCUT2D eigenvalue weighted by molar-refractivity contribution is -0.149. The molecule has 5 heteroatoms. The number of hydrogen-bond donors (Lipinski definition) is 1. The molecule has 1 N–H and O–H groups in total. The van der Waals surface area contributed by atoms with Crippen LogP contribution in [0.2, 0.25) is 0 Å². The van der Waals surface area contributed by atoms with Crippen LogP contribution in [0.4, 0.5) is 8.78 Å². The number of piperidine rings is 1. The molecule has 2 aliphatic rings. The second-order valence-electron chi connectivity index (χ2n) is 5.07. The second kappa shape index (κ2) is 4.88. The van der Waals surface area contributed by atoms with Gasteiger partial charge in [-0.3, -0.25) is 4.79 Å². The third-order valence-corrected chi connectivity index (χ3v) is 3.84. The Morgan fingerprint density at radius 1 is 1.47 bits per heavy atom. The Bertz CT molecular complexity index is 296. The number of esters is 1. The van der Waals surface area contributed by atoms with E-state index in [0.717, 1.165) is 0 Å². The fourth-order valence-electron chi connectivity index (χ4n) is 2.93. The summed E-state index contributed by atoms with van der Waals surface area (Å²) in [5, 5.41) is 3.11. The van der Waals surface area contributed by atoms with E-state index in [1.165, 1.54) is 0 Å². The van der Waals surface area contributed by atoms with Crippen molar-refractivity contribution in [2.75, 3.05) is 13.2 Å². The van der Waals surface area contributed by atoms with Crippen molar-refractivity contribution in [3.05, 3.63) is 0 Å². The Kier molecular flexibility index (Phi) is 3.66. The first-order valence-electron chi connectivity index (χ1n) is 6.29.